The van der Waals surface area contributed by atoms with Crippen LogP contribution in [0.15, 0.2) is 48.5 Å². The molecule has 0 aliphatic carbocycles. The van der Waals surface area contributed by atoms with Crippen LogP contribution in [0.1, 0.15) is 17.0 Å². The van der Waals surface area contributed by atoms with Crippen LogP contribution in [0.3, 0.4) is 0 Å². The fourth-order valence-electron chi connectivity index (χ4n) is 2.27. The highest BCUT2D eigenvalue weighted by Gasteiger charge is 2.31. The van der Waals surface area contributed by atoms with E-state index in [1.807, 2.05) is 24.3 Å². The first kappa shape index (κ1) is 10.8. The zero-order chi connectivity index (χ0) is 12.5. The van der Waals surface area contributed by atoms with Gasteiger partial charge in [0.15, 0.2) is 0 Å². The number of phenols is 1. The van der Waals surface area contributed by atoms with E-state index in [0.717, 1.165) is 5.56 Å². The first-order valence-corrected chi connectivity index (χ1v) is 5.83. The summed E-state index contributed by atoms with van der Waals surface area (Å²) in [5.41, 5.74) is 1.61. The van der Waals surface area contributed by atoms with E-state index in [-0.39, 0.29) is 11.7 Å². The lowest BCUT2D eigenvalue weighted by Gasteiger charge is -2.23. The largest absolute Gasteiger partial charge is 0.508 e. The van der Waals surface area contributed by atoms with Crippen molar-refractivity contribution in [1.82, 2.24) is 0 Å². The number of para-hydroxylation sites is 2. The van der Waals surface area contributed by atoms with Gasteiger partial charge in [-0.2, -0.15) is 0 Å². The Morgan fingerprint density at radius 2 is 1.78 bits per heavy atom. The van der Waals surface area contributed by atoms with Crippen molar-refractivity contribution in [2.45, 2.75) is 12.3 Å². The summed E-state index contributed by atoms with van der Waals surface area (Å²) in [6.45, 7) is 0. The molecule has 1 N–H and O–H groups in total. The molecule has 1 aliphatic heterocycles. The lowest BCUT2D eigenvalue weighted by atomic mass is 9.89. The molecule has 0 fully saturated rings. The van der Waals surface area contributed by atoms with E-state index in [9.17, 15) is 9.90 Å². The van der Waals surface area contributed by atoms with Gasteiger partial charge < -0.3 is 9.84 Å². The Morgan fingerprint density at radius 1 is 1.06 bits per heavy atom. The van der Waals surface area contributed by atoms with Crippen molar-refractivity contribution in [3.05, 3.63) is 59.7 Å². The Morgan fingerprint density at radius 3 is 2.61 bits per heavy atom. The van der Waals surface area contributed by atoms with E-state index in [1.165, 1.54) is 0 Å². The van der Waals surface area contributed by atoms with Crippen LogP contribution in [0.4, 0.5) is 0 Å². The normalized spacial score (nSPS) is 18.0. The molecular weight excluding hydrogens is 228 g/mol. The van der Waals surface area contributed by atoms with Gasteiger partial charge in [0.05, 0.1) is 5.92 Å². The Kier molecular flexibility index (Phi) is 2.52. The van der Waals surface area contributed by atoms with Crippen molar-refractivity contribution in [1.29, 1.82) is 0 Å². The van der Waals surface area contributed by atoms with Gasteiger partial charge in [0.25, 0.3) is 0 Å². The summed E-state index contributed by atoms with van der Waals surface area (Å²) in [7, 11) is 0. The summed E-state index contributed by atoms with van der Waals surface area (Å²) in [4.78, 5) is 12.0. The Balaban J connectivity index is 2.01. The molecule has 0 spiro atoms. The highest BCUT2D eigenvalue weighted by atomic mass is 16.5. The van der Waals surface area contributed by atoms with Gasteiger partial charge in [-0.3, -0.25) is 4.79 Å². The van der Waals surface area contributed by atoms with Crippen molar-refractivity contribution >= 4 is 5.97 Å². The molecule has 1 unspecified atom stereocenters. The van der Waals surface area contributed by atoms with Crippen LogP contribution in [0.5, 0.6) is 11.5 Å². The molecule has 3 rings (SSSR count). The number of carbonyl (C=O) groups is 1. The number of rotatable bonds is 1. The number of ether oxygens (including phenoxy) is 1. The molecule has 1 heterocycles. The van der Waals surface area contributed by atoms with Crippen molar-refractivity contribution in [3.63, 3.8) is 0 Å². The molecular formula is C15H12O3. The Labute approximate surface area is 105 Å². The summed E-state index contributed by atoms with van der Waals surface area (Å²) >= 11 is 0. The van der Waals surface area contributed by atoms with Gasteiger partial charge in [0, 0.05) is 5.56 Å². The zero-order valence-corrected chi connectivity index (χ0v) is 9.67. The average Bonchev–Trinajstić information content (AvgIpc) is 2.39. The zero-order valence-electron chi connectivity index (χ0n) is 9.67. The number of carbonyl (C=O) groups excluding carboxylic acids is 1. The fraction of sp³-hybridized carbons (Fsp3) is 0.133. The van der Waals surface area contributed by atoms with Crippen molar-refractivity contribution in [3.8, 4) is 11.5 Å². The number of aromatic hydroxyl groups is 1. The molecule has 0 amide bonds. The van der Waals surface area contributed by atoms with Gasteiger partial charge in [0.2, 0.25) is 0 Å². The third-order valence-corrected chi connectivity index (χ3v) is 3.20. The van der Waals surface area contributed by atoms with E-state index in [2.05, 4.69) is 0 Å². The second-order valence-electron chi connectivity index (χ2n) is 4.34. The van der Waals surface area contributed by atoms with Crippen LogP contribution in [0.25, 0.3) is 0 Å². The summed E-state index contributed by atoms with van der Waals surface area (Å²) in [6, 6.07) is 14.4. The van der Waals surface area contributed by atoms with Gasteiger partial charge in [-0.15, -0.1) is 0 Å². The molecule has 18 heavy (non-hydrogen) atoms. The molecule has 0 aromatic heterocycles. The quantitative estimate of drug-likeness (QED) is 0.615. The van der Waals surface area contributed by atoms with E-state index in [4.69, 9.17) is 4.74 Å². The summed E-state index contributed by atoms with van der Waals surface area (Å²) < 4.78 is 5.30. The molecule has 0 saturated carbocycles. The molecule has 90 valence electrons. The monoisotopic (exact) mass is 240 g/mol. The summed E-state index contributed by atoms with van der Waals surface area (Å²) in [6.07, 6.45) is 0.562. The highest BCUT2D eigenvalue weighted by Crippen LogP contribution is 2.36. The molecule has 2 aromatic rings. The van der Waals surface area contributed by atoms with Crippen LogP contribution in [-0.4, -0.2) is 11.1 Å². The fourth-order valence-corrected chi connectivity index (χ4v) is 2.27. The minimum absolute atomic E-state index is 0.138. The van der Waals surface area contributed by atoms with Crippen LogP contribution < -0.4 is 4.74 Å². The van der Waals surface area contributed by atoms with Crippen LogP contribution in [0.2, 0.25) is 0 Å². The van der Waals surface area contributed by atoms with Crippen LogP contribution >= 0.6 is 0 Å². The standard InChI is InChI=1S/C15H12O3/c16-13-7-3-2-6-11(13)12-9-10-5-1-4-8-14(10)18-15(12)17/h1-8,12,16H,9H2. The smallest absolute Gasteiger partial charge is 0.319 e. The molecule has 0 radical (unpaired) electrons. The average molecular weight is 240 g/mol. The van der Waals surface area contributed by atoms with E-state index >= 15 is 0 Å². The summed E-state index contributed by atoms with van der Waals surface area (Å²) in [5.74, 6) is 0.0179. The number of phenolic OH excluding ortho intramolecular Hbond substituents is 1. The molecule has 1 aliphatic rings. The maximum absolute atomic E-state index is 12.0. The maximum atomic E-state index is 12.0. The number of hydrogen-bond acceptors (Lipinski definition) is 3. The number of fused-ring (bicyclic) bond motifs is 1. The lowest BCUT2D eigenvalue weighted by molar-refractivity contribution is -0.137. The minimum Gasteiger partial charge on any atom is -0.508 e. The van der Waals surface area contributed by atoms with Crippen LogP contribution in [0, 0.1) is 0 Å². The molecule has 0 bridgehead atoms. The van der Waals surface area contributed by atoms with Gasteiger partial charge in [-0.1, -0.05) is 36.4 Å². The topological polar surface area (TPSA) is 46.5 Å². The molecule has 0 saturated heterocycles. The number of esters is 1. The molecule has 3 nitrogen and oxygen atoms in total. The van der Waals surface area contributed by atoms with Crippen molar-refractivity contribution in [2.24, 2.45) is 0 Å². The second-order valence-corrected chi connectivity index (χ2v) is 4.34. The third-order valence-electron chi connectivity index (χ3n) is 3.20. The van der Waals surface area contributed by atoms with E-state index in [0.29, 0.717) is 17.7 Å². The maximum Gasteiger partial charge on any atom is 0.319 e. The Bertz CT molecular complexity index is 604. The molecule has 2 aromatic carbocycles. The molecule has 3 heteroatoms. The molecule has 1 atom stereocenters. The predicted molar refractivity (Wildman–Crippen MR) is 66.6 cm³/mol. The van der Waals surface area contributed by atoms with Gasteiger partial charge in [-0.05, 0) is 24.1 Å². The first-order chi connectivity index (χ1) is 8.75. The third kappa shape index (κ3) is 1.74. The predicted octanol–water partition coefficient (Wildman–Crippen LogP) is 2.64. The summed E-state index contributed by atoms with van der Waals surface area (Å²) in [5, 5.41) is 9.82. The van der Waals surface area contributed by atoms with Crippen LogP contribution in [-0.2, 0) is 11.2 Å². The Hall–Kier alpha value is -2.29. The highest BCUT2D eigenvalue weighted by molar-refractivity contribution is 5.83. The van der Waals surface area contributed by atoms with E-state index in [1.54, 1.807) is 24.3 Å². The van der Waals surface area contributed by atoms with Crippen molar-refractivity contribution in [2.75, 3.05) is 0 Å². The van der Waals surface area contributed by atoms with Crippen molar-refractivity contribution < 1.29 is 14.6 Å². The van der Waals surface area contributed by atoms with Gasteiger partial charge >= 0.3 is 5.97 Å². The van der Waals surface area contributed by atoms with Gasteiger partial charge in [0.1, 0.15) is 11.5 Å². The first-order valence-electron chi connectivity index (χ1n) is 5.83. The van der Waals surface area contributed by atoms with Gasteiger partial charge in [-0.25, -0.2) is 0 Å². The number of hydrogen-bond donors (Lipinski definition) is 1. The SMILES string of the molecule is O=C1Oc2ccccc2CC1c1ccccc1O. The number of benzene rings is 2. The van der Waals surface area contributed by atoms with E-state index < -0.39 is 5.92 Å². The minimum atomic E-state index is -0.430. The lowest BCUT2D eigenvalue weighted by Crippen LogP contribution is -2.25. The second kappa shape index (κ2) is 4.18.